The van der Waals surface area contributed by atoms with Gasteiger partial charge in [0, 0.05) is 36.3 Å². The van der Waals surface area contributed by atoms with Crippen LogP contribution in [0, 0.1) is 0 Å². The molecule has 126 valence electrons. The van der Waals surface area contributed by atoms with Gasteiger partial charge in [0.2, 0.25) is 5.95 Å². The van der Waals surface area contributed by atoms with E-state index in [1.54, 1.807) is 11.3 Å². The molecule has 2 aromatic carbocycles. The van der Waals surface area contributed by atoms with Crippen molar-refractivity contribution in [1.82, 2.24) is 14.9 Å². The number of thiophene rings is 1. The second-order valence-corrected chi connectivity index (χ2v) is 7.50. The molecule has 0 unspecified atom stereocenters. The van der Waals surface area contributed by atoms with Crippen LogP contribution in [0.3, 0.4) is 0 Å². The van der Waals surface area contributed by atoms with E-state index < -0.39 is 0 Å². The summed E-state index contributed by atoms with van der Waals surface area (Å²) in [5.74, 6) is 1.11. The van der Waals surface area contributed by atoms with Crippen LogP contribution in [0.1, 0.15) is 5.56 Å². The van der Waals surface area contributed by atoms with Crippen molar-refractivity contribution in [3.8, 4) is 0 Å². The van der Waals surface area contributed by atoms with Crippen molar-refractivity contribution in [3.63, 3.8) is 0 Å². The van der Waals surface area contributed by atoms with Crippen LogP contribution in [-0.4, -0.2) is 35.7 Å². The molecule has 5 rings (SSSR count). The highest BCUT2D eigenvalue weighted by atomic mass is 32.1. The number of piperazine rings is 1. The maximum absolute atomic E-state index is 5.05. The minimum absolute atomic E-state index is 0.858. The monoisotopic (exact) mass is 348 g/mol. The highest BCUT2D eigenvalue weighted by Gasteiger charge is 2.22. The quantitative estimate of drug-likeness (QED) is 0.613. The fraction of sp³-hybridized carbons (Fsp3) is 0.250. The number of aromatic nitrogens is 2. The Bertz CT molecular complexity index is 1010. The van der Waals surface area contributed by atoms with Crippen LogP contribution in [0.5, 0.6) is 0 Å². The third-order valence-electron chi connectivity index (χ3n) is 4.85. The maximum Gasteiger partial charge on any atom is 0.207 e. The van der Waals surface area contributed by atoms with Gasteiger partial charge in [-0.2, -0.15) is 0 Å². The molecule has 2 aromatic heterocycles. The minimum Gasteiger partial charge on any atom is -0.340 e. The van der Waals surface area contributed by atoms with Crippen LogP contribution in [-0.2, 0) is 6.54 Å². The van der Waals surface area contributed by atoms with Crippen molar-refractivity contribution in [3.05, 3.63) is 60.2 Å². The lowest BCUT2D eigenvalue weighted by Gasteiger charge is -2.29. The van der Waals surface area contributed by atoms with Crippen LogP contribution in [0.4, 0.5) is 5.95 Å². The molecule has 0 radical (unpaired) electrons. The molecule has 0 bridgehead atoms. The molecular weight excluding hydrogens is 328 g/mol. The first-order valence-corrected chi connectivity index (χ1v) is 9.59. The summed E-state index contributed by atoms with van der Waals surface area (Å²) >= 11 is 1.80. The number of imidazole rings is 1. The number of nitrogens with zero attached hydrogens (tertiary/aromatic N) is 3. The predicted molar refractivity (Wildman–Crippen MR) is 106 cm³/mol. The first-order valence-electron chi connectivity index (χ1n) is 8.77. The molecule has 1 saturated heterocycles. The number of anilines is 1. The van der Waals surface area contributed by atoms with Crippen molar-refractivity contribution in [1.29, 1.82) is 0 Å². The summed E-state index contributed by atoms with van der Waals surface area (Å²) in [5, 5.41) is 4.75. The van der Waals surface area contributed by atoms with Crippen LogP contribution < -0.4 is 10.2 Å². The van der Waals surface area contributed by atoms with Crippen molar-refractivity contribution in [2.75, 3.05) is 31.1 Å². The van der Waals surface area contributed by atoms with Crippen molar-refractivity contribution >= 4 is 37.7 Å². The van der Waals surface area contributed by atoms with Gasteiger partial charge in [-0.15, -0.1) is 11.3 Å². The Morgan fingerprint density at radius 2 is 1.72 bits per heavy atom. The van der Waals surface area contributed by atoms with E-state index in [2.05, 4.69) is 69.4 Å². The first kappa shape index (κ1) is 14.9. The standard InChI is InChI=1S/C20H20N4S/c1-2-6-15(7-3-1)14-24-18-16-8-4-5-9-17(16)25-19(18)22-20(24)23-12-10-21-11-13-23/h1-9,21H,10-14H2. The summed E-state index contributed by atoms with van der Waals surface area (Å²) in [4.78, 5) is 8.61. The lowest BCUT2D eigenvalue weighted by atomic mass is 10.2. The molecule has 1 aliphatic rings. The van der Waals surface area contributed by atoms with E-state index in [1.165, 1.54) is 21.2 Å². The molecule has 0 saturated carbocycles. The van der Waals surface area contributed by atoms with E-state index in [0.29, 0.717) is 0 Å². The highest BCUT2D eigenvalue weighted by molar-refractivity contribution is 7.25. The summed E-state index contributed by atoms with van der Waals surface area (Å²) < 4.78 is 3.73. The van der Waals surface area contributed by atoms with Gasteiger partial charge in [-0.1, -0.05) is 48.5 Å². The molecule has 4 nitrogen and oxygen atoms in total. The van der Waals surface area contributed by atoms with Gasteiger partial charge in [0.05, 0.1) is 12.1 Å². The zero-order valence-corrected chi connectivity index (χ0v) is 14.8. The smallest absolute Gasteiger partial charge is 0.207 e. The van der Waals surface area contributed by atoms with Crippen LogP contribution in [0.15, 0.2) is 54.6 Å². The minimum atomic E-state index is 0.858. The number of hydrogen-bond donors (Lipinski definition) is 1. The van der Waals surface area contributed by atoms with Gasteiger partial charge >= 0.3 is 0 Å². The number of fused-ring (bicyclic) bond motifs is 3. The molecule has 0 aliphatic carbocycles. The highest BCUT2D eigenvalue weighted by Crippen LogP contribution is 2.36. The first-order chi connectivity index (χ1) is 12.4. The summed E-state index contributed by atoms with van der Waals surface area (Å²) in [5.41, 5.74) is 2.59. The van der Waals surface area contributed by atoms with E-state index in [-0.39, 0.29) is 0 Å². The Balaban J connectivity index is 1.70. The van der Waals surface area contributed by atoms with Crippen molar-refractivity contribution < 1.29 is 0 Å². The number of nitrogens with one attached hydrogen (secondary N) is 1. The summed E-state index contributed by atoms with van der Waals surface area (Å²) in [7, 11) is 0. The lowest BCUT2D eigenvalue weighted by molar-refractivity contribution is 0.572. The Morgan fingerprint density at radius 1 is 0.960 bits per heavy atom. The third-order valence-corrected chi connectivity index (χ3v) is 5.90. The lowest BCUT2D eigenvalue weighted by Crippen LogP contribution is -2.44. The molecule has 0 atom stereocenters. The Labute approximate surface area is 150 Å². The Morgan fingerprint density at radius 3 is 2.56 bits per heavy atom. The van der Waals surface area contributed by atoms with Gasteiger partial charge in [0.1, 0.15) is 4.83 Å². The molecule has 5 heteroatoms. The zero-order chi connectivity index (χ0) is 16.6. The van der Waals surface area contributed by atoms with Crippen molar-refractivity contribution in [2.45, 2.75) is 6.54 Å². The van der Waals surface area contributed by atoms with Crippen LogP contribution in [0.2, 0.25) is 0 Å². The molecule has 0 amide bonds. The van der Waals surface area contributed by atoms with Gasteiger partial charge in [-0.3, -0.25) is 0 Å². The van der Waals surface area contributed by atoms with E-state index in [1.807, 2.05) is 0 Å². The Kier molecular flexibility index (Phi) is 3.68. The average molecular weight is 348 g/mol. The molecule has 1 aliphatic heterocycles. The number of rotatable bonds is 3. The van der Waals surface area contributed by atoms with Gasteiger partial charge in [-0.05, 0) is 11.6 Å². The van der Waals surface area contributed by atoms with E-state index in [4.69, 9.17) is 4.98 Å². The topological polar surface area (TPSA) is 33.1 Å². The second-order valence-electron chi connectivity index (χ2n) is 6.47. The maximum atomic E-state index is 5.05. The van der Waals surface area contributed by atoms with Crippen molar-refractivity contribution in [2.24, 2.45) is 0 Å². The van der Waals surface area contributed by atoms with E-state index >= 15 is 0 Å². The SMILES string of the molecule is c1ccc(Cn2c(N3CCNCC3)nc3sc4ccccc4c32)cc1. The fourth-order valence-corrected chi connectivity index (χ4v) is 4.70. The van der Waals surface area contributed by atoms with E-state index in [9.17, 15) is 0 Å². The molecule has 1 N–H and O–H groups in total. The van der Waals surface area contributed by atoms with Gasteiger partial charge in [0.25, 0.3) is 0 Å². The molecule has 1 fully saturated rings. The molecule has 4 aromatic rings. The third kappa shape index (κ3) is 2.60. The van der Waals surface area contributed by atoms with Gasteiger partial charge in [0.15, 0.2) is 0 Å². The van der Waals surface area contributed by atoms with Crippen LogP contribution in [0.25, 0.3) is 20.4 Å². The molecule has 3 heterocycles. The summed E-state index contributed by atoms with van der Waals surface area (Å²) in [6.45, 7) is 4.92. The average Bonchev–Trinajstić information content (AvgIpc) is 3.20. The van der Waals surface area contributed by atoms with Gasteiger partial charge < -0.3 is 14.8 Å². The molecule has 25 heavy (non-hydrogen) atoms. The fourth-order valence-electron chi connectivity index (χ4n) is 3.63. The Hall–Kier alpha value is -2.37. The predicted octanol–water partition coefficient (Wildman–Crippen LogP) is 3.71. The molecule has 0 spiro atoms. The second kappa shape index (κ2) is 6.17. The number of hydrogen-bond acceptors (Lipinski definition) is 4. The number of benzene rings is 2. The largest absolute Gasteiger partial charge is 0.340 e. The van der Waals surface area contributed by atoms with E-state index in [0.717, 1.165) is 43.5 Å². The zero-order valence-electron chi connectivity index (χ0n) is 14.0. The molecular formula is C20H20N4S. The summed E-state index contributed by atoms with van der Waals surface area (Å²) in [6, 6.07) is 19.3. The van der Waals surface area contributed by atoms with Gasteiger partial charge in [-0.25, -0.2) is 4.98 Å². The summed E-state index contributed by atoms with van der Waals surface area (Å²) in [6.07, 6.45) is 0. The van der Waals surface area contributed by atoms with Crippen LogP contribution >= 0.6 is 11.3 Å². The normalized spacial score (nSPS) is 15.3.